The summed E-state index contributed by atoms with van der Waals surface area (Å²) in [5.74, 6) is 0.0673. The van der Waals surface area contributed by atoms with E-state index in [1.54, 1.807) is 48.0 Å². The van der Waals surface area contributed by atoms with Crippen molar-refractivity contribution in [3.8, 4) is 10.8 Å². The first-order valence-corrected chi connectivity index (χ1v) is 8.23. The van der Waals surface area contributed by atoms with Gasteiger partial charge in [-0.1, -0.05) is 0 Å². The Balaban J connectivity index is 1.62. The van der Waals surface area contributed by atoms with Crippen molar-refractivity contribution < 1.29 is 18.7 Å². The van der Waals surface area contributed by atoms with Crippen molar-refractivity contribution in [3.05, 3.63) is 53.7 Å². The highest BCUT2D eigenvalue weighted by Crippen LogP contribution is 2.24. The van der Waals surface area contributed by atoms with Gasteiger partial charge in [0.15, 0.2) is 10.8 Å². The number of thiazole rings is 1. The summed E-state index contributed by atoms with van der Waals surface area (Å²) in [5.41, 5.74) is 1.53. The van der Waals surface area contributed by atoms with Gasteiger partial charge in [-0.15, -0.1) is 11.3 Å². The first-order valence-electron chi connectivity index (χ1n) is 7.35. The number of carbonyl (C=O) groups is 2. The Morgan fingerprint density at radius 1 is 1.16 bits per heavy atom. The SMILES string of the molecule is COCC(=O)Nc1ccc(NC(=O)c2csc(-c3ccco3)n2)cc1. The molecule has 3 rings (SSSR count). The maximum Gasteiger partial charge on any atom is 0.275 e. The third kappa shape index (κ3) is 4.31. The quantitative estimate of drug-likeness (QED) is 0.706. The predicted octanol–water partition coefficient (Wildman–Crippen LogP) is 3.24. The summed E-state index contributed by atoms with van der Waals surface area (Å²) < 4.78 is 10.0. The van der Waals surface area contributed by atoms with Gasteiger partial charge in [-0.25, -0.2) is 4.98 Å². The van der Waals surface area contributed by atoms with Crippen LogP contribution >= 0.6 is 11.3 Å². The minimum absolute atomic E-state index is 0.0136. The monoisotopic (exact) mass is 357 g/mol. The largest absolute Gasteiger partial charge is 0.462 e. The maximum absolute atomic E-state index is 12.3. The zero-order chi connectivity index (χ0) is 17.6. The van der Waals surface area contributed by atoms with Crippen molar-refractivity contribution in [2.45, 2.75) is 0 Å². The van der Waals surface area contributed by atoms with Crippen molar-refractivity contribution in [2.75, 3.05) is 24.4 Å². The molecule has 0 saturated carbocycles. The Hall–Kier alpha value is -2.97. The second-order valence-corrected chi connectivity index (χ2v) is 5.89. The molecule has 128 valence electrons. The fourth-order valence-corrected chi connectivity index (χ4v) is 2.82. The molecule has 0 radical (unpaired) electrons. The molecule has 0 aliphatic heterocycles. The molecule has 3 aromatic rings. The maximum atomic E-state index is 12.3. The zero-order valence-corrected chi connectivity index (χ0v) is 14.1. The fourth-order valence-electron chi connectivity index (χ4n) is 2.05. The van der Waals surface area contributed by atoms with Gasteiger partial charge in [-0.2, -0.15) is 0 Å². The van der Waals surface area contributed by atoms with Gasteiger partial charge in [0.05, 0.1) is 6.26 Å². The number of aromatic nitrogens is 1. The van der Waals surface area contributed by atoms with Crippen LogP contribution in [0.25, 0.3) is 10.8 Å². The van der Waals surface area contributed by atoms with Crippen LogP contribution in [0, 0.1) is 0 Å². The fraction of sp³-hybridized carbons (Fsp3) is 0.118. The number of benzene rings is 1. The van der Waals surface area contributed by atoms with Crippen LogP contribution in [0.5, 0.6) is 0 Å². The van der Waals surface area contributed by atoms with E-state index >= 15 is 0 Å². The minimum Gasteiger partial charge on any atom is -0.462 e. The molecule has 0 spiro atoms. The van der Waals surface area contributed by atoms with E-state index in [4.69, 9.17) is 9.15 Å². The van der Waals surface area contributed by atoms with Gasteiger partial charge in [0, 0.05) is 23.9 Å². The lowest BCUT2D eigenvalue weighted by molar-refractivity contribution is -0.119. The molecule has 0 aliphatic rings. The predicted molar refractivity (Wildman–Crippen MR) is 94.7 cm³/mol. The second kappa shape index (κ2) is 7.73. The molecule has 8 heteroatoms. The first-order chi connectivity index (χ1) is 12.2. The van der Waals surface area contributed by atoms with Crippen LogP contribution in [0.4, 0.5) is 11.4 Å². The molecule has 2 amide bonds. The number of rotatable bonds is 6. The molecule has 0 aliphatic carbocycles. The molecule has 25 heavy (non-hydrogen) atoms. The van der Waals surface area contributed by atoms with Gasteiger partial charge in [-0.3, -0.25) is 9.59 Å². The highest BCUT2D eigenvalue weighted by Gasteiger charge is 2.13. The number of ether oxygens (including phenoxy) is 1. The standard InChI is InChI=1S/C17H15N3O4S/c1-23-9-15(21)18-11-4-6-12(7-5-11)19-16(22)13-10-25-17(20-13)14-3-2-8-24-14/h2-8,10H,9H2,1H3,(H,18,21)(H,19,22). The molecule has 0 bridgehead atoms. The van der Waals surface area contributed by atoms with Gasteiger partial charge in [0.2, 0.25) is 5.91 Å². The Bertz CT molecular complexity index is 856. The van der Waals surface area contributed by atoms with E-state index in [2.05, 4.69) is 15.6 Å². The number of anilines is 2. The van der Waals surface area contributed by atoms with E-state index in [0.717, 1.165) is 0 Å². The van der Waals surface area contributed by atoms with Crippen LogP contribution in [0.2, 0.25) is 0 Å². The van der Waals surface area contributed by atoms with Crippen molar-refractivity contribution >= 4 is 34.5 Å². The number of carbonyl (C=O) groups excluding carboxylic acids is 2. The smallest absolute Gasteiger partial charge is 0.275 e. The topological polar surface area (TPSA) is 93.5 Å². The first kappa shape index (κ1) is 16.9. The average molecular weight is 357 g/mol. The van der Waals surface area contributed by atoms with Gasteiger partial charge in [0.1, 0.15) is 12.3 Å². The number of nitrogens with zero attached hydrogens (tertiary/aromatic N) is 1. The molecular weight excluding hydrogens is 342 g/mol. The van der Waals surface area contributed by atoms with E-state index < -0.39 is 0 Å². The van der Waals surface area contributed by atoms with Gasteiger partial charge < -0.3 is 19.8 Å². The molecule has 2 heterocycles. The minimum atomic E-state index is -0.315. The van der Waals surface area contributed by atoms with Crippen LogP contribution in [-0.4, -0.2) is 30.5 Å². The summed E-state index contributed by atoms with van der Waals surface area (Å²) in [5, 5.41) is 7.75. The normalized spacial score (nSPS) is 10.4. The summed E-state index contributed by atoms with van der Waals surface area (Å²) in [4.78, 5) is 28.0. The lowest BCUT2D eigenvalue weighted by Crippen LogP contribution is -2.17. The Morgan fingerprint density at radius 3 is 2.52 bits per heavy atom. The number of hydrogen-bond donors (Lipinski definition) is 2. The molecule has 0 atom stereocenters. The zero-order valence-electron chi connectivity index (χ0n) is 13.3. The van der Waals surface area contributed by atoms with Crippen LogP contribution in [0.3, 0.4) is 0 Å². The molecule has 0 fully saturated rings. The summed E-state index contributed by atoms with van der Waals surface area (Å²) >= 11 is 1.34. The van der Waals surface area contributed by atoms with Crippen LogP contribution in [0.1, 0.15) is 10.5 Å². The van der Waals surface area contributed by atoms with E-state index in [9.17, 15) is 9.59 Å². The highest BCUT2D eigenvalue weighted by atomic mass is 32.1. The summed E-state index contributed by atoms with van der Waals surface area (Å²) in [6, 6.07) is 10.3. The van der Waals surface area contributed by atoms with E-state index in [0.29, 0.717) is 27.8 Å². The Labute approximate surface area is 147 Å². The number of hydrogen-bond acceptors (Lipinski definition) is 6. The van der Waals surface area contributed by atoms with Crippen molar-refractivity contribution in [2.24, 2.45) is 0 Å². The number of furan rings is 1. The average Bonchev–Trinajstić information content (AvgIpc) is 3.28. The van der Waals surface area contributed by atoms with Crippen LogP contribution in [-0.2, 0) is 9.53 Å². The van der Waals surface area contributed by atoms with E-state index in [1.807, 2.05) is 0 Å². The second-order valence-electron chi connectivity index (χ2n) is 5.03. The molecule has 1 aromatic carbocycles. The lowest BCUT2D eigenvalue weighted by Gasteiger charge is -2.07. The molecular formula is C17H15N3O4S. The Morgan fingerprint density at radius 2 is 1.88 bits per heavy atom. The van der Waals surface area contributed by atoms with Crippen molar-refractivity contribution in [1.29, 1.82) is 0 Å². The van der Waals surface area contributed by atoms with Crippen molar-refractivity contribution in [3.63, 3.8) is 0 Å². The Kier molecular flexibility index (Phi) is 5.22. The number of amides is 2. The van der Waals surface area contributed by atoms with Gasteiger partial charge >= 0.3 is 0 Å². The van der Waals surface area contributed by atoms with Crippen LogP contribution < -0.4 is 10.6 Å². The molecule has 7 nitrogen and oxygen atoms in total. The number of nitrogens with one attached hydrogen (secondary N) is 2. The van der Waals surface area contributed by atoms with E-state index in [-0.39, 0.29) is 18.4 Å². The van der Waals surface area contributed by atoms with Crippen LogP contribution in [0.15, 0.2) is 52.5 Å². The summed E-state index contributed by atoms with van der Waals surface area (Å²) in [6.45, 7) is -0.0136. The molecule has 0 unspecified atom stereocenters. The summed E-state index contributed by atoms with van der Waals surface area (Å²) in [7, 11) is 1.45. The summed E-state index contributed by atoms with van der Waals surface area (Å²) in [6.07, 6.45) is 1.56. The number of methoxy groups -OCH3 is 1. The van der Waals surface area contributed by atoms with Gasteiger partial charge in [-0.05, 0) is 36.4 Å². The molecule has 0 saturated heterocycles. The molecule has 2 N–H and O–H groups in total. The lowest BCUT2D eigenvalue weighted by atomic mass is 10.2. The third-order valence-corrected chi connectivity index (χ3v) is 4.03. The van der Waals surface area contributed by atoms with Crippen molar-refractivity contribution in [1.82, 2.24) is 4.98 Å². The van der Waals surface area contributed by atoms with Gasteiger partial charge in [0.25, 0.3) is 5.91 Å². The highest BCUT2D eigenvalue weighted by molar-refractivity contribution is 7.13. The van der Waals surface area contributed by atoms with E-state index in [1.165, 1.54) is 18.4 Å². The third-order valence-electron chi connectivity index (χ3n) is 3.17. The molecule has 2 aromatic heterocycles.